The number of hydrogen-bond donors (Lipinski definition) is 0. The Balaban J connectivity index is 1.73. The Kier molecular flexibility index (Phi) is 2.62. The van der Waals surface area contributed by atoms with Crippen LogP contribution in [0.3, 0.4) is 0 Å². The molecule has 0 aromatic heterocycles. The van der Waals surface area contributed by atoms with E-state index < -0.39 is 0 Å². The standard InChI is InChI=1S/C15H22N2/c1-11(2)12-4-6-13(7-5-12)17-9-14-8-15(10-17)16(14)3/h4-7,11,14-15H,8-10H2,1-3H3. The molecule has 0 N–H and O–H groups in total. The van der Waals surface area contributed by atoms with Gasteiger partial charge in [-0.2, -0.15) is 0 Å². The fraction of sp³-hybridized carbons (Fsp3) is 0.600. The quantitative estimate of drug-likeness (QED) is 0.771. The summed E-state index contributed by atoms with van der Waals surface area (Å²) in [5.74, 6) is 0.630. The van der Waals surface area contributed by atoms with Crippen molar-refractivity contribution < 1.29 is 0 Å². The van der Waals surface area contributed by atoms with E-state index in [1.165, 1.54) is 30.8 Å². The van der Waals surface area contributed by atoms with Gasteiger partial charge in [-0.05, 0) is 37.1 Å². The van der Waals surface area contributed by atoms with E-state index in [4.69, 9.17) is 0 Å². The average Bonchev–Trinajstić information content (AvgIpc) is 2.38. The number of nitrogens with zero attached hydrogens (tertiary/aromatic N) is 2. The number of anilines is 1. The van der Waals surface area contributed by atoms with E-state index in [2.05, 4.69) is 55.0 Å². The summed E-state index contributed by atoms with van der Waals surface area (Å²) in [6, 6.07) is 10.7. The third-order valence-corrected chi connectivity index (χ3v) is 4.48. The molecule has 92 valence electrons. The van der Waals surface area contributed by atoms with Gasteiger partial charge in [-0.3, -0.25) is 4.90 Å². The summed E-state index contributed by atoms with van der Waals surface area (Å²) in [4.78, 5) is 5.07. The number of benzene rings is 1. The smallest absolute Gasteiger partial charge is 0.0367 e. The largest absolute Gasteiger partial charge is 0.368 e. The molecule has 2 atom stereocenters. The molecule has 1 aromatic rings. The lowest BCUT2D eigenvalue weighted by Gasteiger charge is -2.55. The van der Waals surface area contributed by atoms with Crippen molar-refractivity contribution in [2.45, 2.75) is 38.3 Å². The third kappa shape index (κ3) is 1.85. The summed E-state index contributed by atoms with van der Waals surface area (Å²) in [6.45, 7) is 6.90. The van der Waals surface area contributed by atoms with Gasteiger partial charge in [-0.15, -0.1) is 0 Å². The highest BCUT2D eigenvalue weighted by atomic mass is 15.3. The predicted molar refractivity (Wildman–Crippen MR) is 72.7 cm³/mol. The molecule has 0 aliphatic carbocycles. The van der Waals surface area contributed by atoms with E-state index in [-0.39, 0.29) is 0 Å². The fourth-order valence-corrected chi connectivity index (χ4v) is 3.08. The van der Waals surface area contributed by atoms with Crippen LogP contribution in [0.25, 0.3) is 0 Å². The normalized spacial score (nSPS) is 28.4. The number of fused-ring (bicyclic) bond motifs is 2. The van der Waals surface area contributed by atoms with Crippen molar-refractivity contribution in [2.75, 3.05) is 25.0 Å². The van der Waals surface area contributed by atoms with Gasteiger partial charge in [0.15, 0.2) is 0 Å². The second-order valence-corrected chi connectivity index (χ2v) is 5.86. The second kappa shape index (κ2) is 4.02. The maximum Gasteiger partial charge on any atom is 0.0367 e. The second-order valence-electron chi connectivity index (χ2n) is 5.86. The van der Waals surface area contributed by atoms with Crippen LogP contribution < -0.4 is 4.90 Å². The molecule has 2 bridgehead atoms. The minimum Gasteiger partial charge on any atom is -0.368 e. The van der Waals surface area contributed by atoms with E-state index in [0.717, 1.165) is 12.1 Å². The zero-order valence-corrected chi connectivity index (χ0v) is 11.1. The molecular formula is C15H22N2. The highest BCUT2D eigenvalue weighted by Gasteiger charge is 2.41. The summed E-state index contributed by atoms with van der Waals surface area (Å²) in [5, 5.41) is 0. The van der Waals surface area contributed by atoms with Crippen molar-refractivity contribution >= 4 is 5.69 Å². The molecule has 0 saturated carbocycles. The molecule has 3 fully saturated rings. The summed E-state index contributed by atoms with van der Waals surface area (Å²) in [5.41, 5.74) is 2.84. The van der Waals surface area contributed by atoms with Gasteiger partial charge in [0.1, 0.15) is 0 Å². The summed E-state index contributed by atoms with van der Waals surface area (Å²) >= 11 is 0. The van der Waals surface area contributed by atoms with Gasteiger partial charge in [0.05, 0.1) is 0 Å². The van der Waals surface area contributed by atoms with E-state index in [0.29, 0.717) is 5.92 Å². The molecule has 2 heteroatoms. The van der Waals surface area contributed by atoms with Crippen LogP contribution in [-0.2, 0) is 0 Å². The molecule has 0 spiro atoms. The van der Waals surface area contributed by atoms with Crippen LogP contribution in [0.15, 0.2) is 24.3 Å². The Morgan fingerprint density at radius 2 is 1.65 bits per heavy atom. The number of piperidine rings is 1. The Morgan fingerprint density at radius 3 is 2.12 bits per heavy atom. The number of likely N-dealkylation sites (N-methyl/N-ethyl adjacent to an activating group) is 1. The topological polar surface area (TPSA) is 6.48 Å². The predicted octanol–water partition coefficient (Wildman–Crippen LogP) is 2.70. The van der Waals surface area contributed by atoms with Crippen molar-refractivity contribution in [3.05, 3.63) is 29.8 Å². The zero-order valence-electron chi connectivity index (χ0n) is 11.1. The molecule has 3 aliphatic heterocycles. The van der Waals surface area contributed by atoms with Crippen LogP contribution >= 0.6 is 0 Å². The van der Waals surface area contributed by atoms with Crippen molar-refractivity contribution in [3.63, 3.8) is 0 Å². The lowest BCUT2D eigenvalue weighted by molar-refractivity contribution is 0.0264. The van der Waals surface area contributed by atoms with Gasteiger partial charge in [-0.25, -0.2) is 0 Å². The molecule has 1 aromatic carbocycles. The van der Waals surface area contributed by atoms with E-state index >= 15 is 0 Å². The van der Waals surface area contributed by atoms with Crippen LogP contribution in [0.4, 0.5) is 5.69 Å². The zero-order chi connectivity index (χ0) is 12.0. The van der Waals surface area contributed by atoms with Gasteiger partial charge in [-0.1, -0.05) is 26.0 Å². The fourth-order valence-electron chi connectivity index (χ4n) is 3.08. The first-order valence-corrected chi connectivity index (χ1v) is 6.72. The molecule has 2 unspecified atom stereocenters. The first kappa shape index (κ1) is 11.1. The molecule has 3 saturated heterocycles. The summed E-state index contributed by atoms with van der Waals surface area (Å²) in [6.07, 6.45) is 1.40. The maximum atomic E-state index is 2.54. The van der Waals surface area contributed by atoms with Crippen LogP contribution in [-0.4, -0.2) is 37.1 Å². The van der Waals surface area contributed by atoms with Crippen LogP contribution in [0.2, 0.25) is 0 Å². The minimum absolute atomic E-state index is 0.630. The molecule has 17 heavy (non-hydrogen) atoms. The molecule has 2 nitrogen and oxygen atoms in total. The van der Waals surface area contributed by atoms with Crippen LogP contribution in [0.1, 0.15) is 31.7 Å². The van der Waals surface area contributed by atoms with Crippen molar-refractivity contribution in [3.8, 4) is 0 Å². The van der Waals surface area contributed by atoms with Gasteiger partial charge >= 0.3 is 0 Å². The van der Waals surface area contributed by atoms with Crippen molar-refractivity contribution in [2.24, 2.45) is 0 Å². The molecular weight excluding hydrogens is 208 g/mol. The van der Waals surface area contributed by atoms with E-state index in [1.54, 1.807) is 0 Å². The van der Waals surface area contributed by atoms with E-state index in [1.807, 2.05) is 0 Å². The summed E-state index contributed by atoms with van der Waals surface area (Å²) in [7, 11) is 2.26. The number of piperazine rings is 1. The Hall–Kier alpha value is -1.02. The number of hydrogen-bond acceptors (Lipinski definition) is 2. The van der Waals surface area contributed by atoms with Gasteiger partial charge < -0.3 is 4.90 Å². The molecule has 4 rings (SSSR count). The first-order chi connectivity index (χ1) is 8.15. The van der Waals surface area contributed by atoms with E-state index in [9.17, 15) is 0 Å². The molecule has 3 aliphatic rings. The highest BCUT2D eigenvalue weighted by molar-refractivity contribution is 5.49. The average molecular weight is 230 g/mol. The van der Waals surface area contributed by atoms with Gasteiger partial charge in [0, 0.05) is 30.9 Å². The van der Waals surface area contributed by atoms with Crippen molar-refractivity contribution in [1.82, 2.24) is 4.90 Å². The Bertz CT molecular complexity index is 384. The van der Waals surface area contributed by atoms with Gasteiger partial charge in [0.2, 0.25) is 0 Å². The van der Waals surface area contributed by atoms with Crippen molar-refractivity contribution in [1.29, 1.82) is 0 Å². The number of rotatable bonds is 2. The molecule has 0 radical (unpaired) electrons. The lowest BCUT2D eigenvalue weighted by Crippen LogP contribution is -2.67. The monoisotopic (exact) mass is 230 g/mol. The minimum atomic E-state index is 0.630. The third-order valence-electron chi connectivity index (χ3n) is 4.48. The Morgan fingerprint density at radius 1 is 1.06 bits per heavy atom. The first-order valence-electron chi connectivity index (χ1n) is 6.72. The SMILES string of the molecule is CC(C)c1ccc(N2CC3CC(C2)N3C)cc1. The van der Waals surface area contributed by atoms with Crippen LogP contribution in [0.5, 0.6) is 0 Å². The lowest BCUT2D eigenvalue weighted by atomic mass is 9.88. The Labute approximate surface area is 104 Å². The summed E-state index contributed by atoms with van der Waals surface area (Å²) < 4.78 is 0. The molecule has 3 heterocycles. The molecule has 0 amide bonds. The highest BCUT2D eigenvalue weighted by Crippen LogP contribution is 2.33. The van der Waals surface area contributed by atoms with Crippen LogP contribution in [0, 0.1) is 0 Å². The maximum absolute atomic E-state index is 2.54. The van der Waals surface area contributed by atoms with Gasteiger partial charge in [0.25, 0.3) is 0 Å².